The molecule has 0 aliphatic rings. The zero-order valence-corrected chi connectivity index (χ0v) is 24.7. The summed E-state index contributed by atoms with van der Waals surface area (Å²) in [6.45, 7) is 13.2. The third-order valence-corrected chi connectivity index (χ3v) is 6.05. The molecule has 216 valence electrons. The van der Waals surface area contributed by atoms with Crippen LogP contribution in [0.1, 0.15) is 84.0 Å². The van der Waals surface area contributed by atoms with E-state index in [0.717, 1.165) is 12.8 Å². The van der Waals surface area contributed by atoms with Crippen LogP contribution in [0.5, 0.6) is 5.75 Å². The maximum atomic E-state index is 14.4. The Morgan fingerprint density at radius 2 is 1.60 bits per heavy atom. The van der Waals surface area contributed by atoms with Crippen molar-refractivity contribution in [2.45, 2.75) is 91.0 Å². The van der Waals surface area contributed by atoms with Crippen LogP contribution in [-0.4, -0.2) is 51.6 Å². The minimum Gasteiger partial charge on any atom is -0.508 e. The first-order valence-corrected chi connectivity index (χ1v) is 13.6. The molecule has 2 aromatic rings. The van der Waals surface area contributed by atoms with Crippen LogP contribution in [0.2, 0.25) is 0 Å². The van der Waals surface area contributed by atoms with Crippen LogP contribution in [-0.2, 0) is 20.7 Å². The summed E-state index contributed by atoms with van der Waals surface area (Å²) in [6, 6.07) is 11.3. The Bertz CT molecular complexity index is 1190. The van der Waals surface area contributed by atoms with E-state index in [4.69, 9.17) is 11.2 Å². The van der Waals surface area contributed by atoms with Crippen molar-refractivity contribution in [1.82, 2.24) is 15.5 Å². The smallest absolute Gasteiger partial charge is 0.408 e. The van der Waals surface area contributed by atoms with Gasteiger partial charge in [-0.25, -0.2) is 4.79 Å². The van der Waals surface area contributed by atoms with E-state index in [1.54, 1.807) is 57.2 Å². The fourth-order valence-corrected chi connectivity index (χ4v) is 4.20. The monoisotopic (exact) mass is 549 g/mol. The van der Waals surface area contributed by atoms with E-state index in [1.165, 1.54) is 17.0 Å². The number of nitrogens with zero attached hydrogens (tertiary/aromatic N) is 1. The number of nitrogens with one attached hydrogen (secondary N) is 2. The Balaban J connectivity index is 2.59. The molecule has 0 aromatic heterocycles. The number of carbonyl (C=O) groups is 3. The van der Waals surface area contributed by atoms with Crippen molar-refractivity contribution >= 4 is 17.9 Å². The fourth-order valence-electron chi connectivity index (χ4n) is 4.20. The summed E-state index contributed by atoms with van der Waals surface area (Å²) in [5.41, 5.74) is 0.359. The van der Waals surface area contributed by atoms with Crippen LogP contribution >= 0.6 is 0 Å². The lowest BCUT2D eigenvalue weighted by molar-refractivity contribution is -0.148. The summed E-state index contributed by atoms with van der Waals surface area (Å²) in [5, 5.41) is 15.4. The first-order chi connectivity index (χ1) is 18.7. The van der Waals surface area contributed by atoms with Crippen molar-refractivity contribution in [1.29, 1.82) is 0 Å². The summed E-state index contributed by atoms with van der Waals surface area (Å²) >= 11 is 0. The maximum Gasteiger partial charge on any atom is 0.408 e. The molecule has 2 aromatic carbocycles. The van der Waals surface area contributed by atoms with Crippen LogP contribution in [0.25, 0.3) is 0 Å². The second-order valence-corrected chi connectivity index (χ2v) is 11.8. The average Bonchev–Trinajstić information content (AvgIpc) is 2.86. The molecule has 0 radical (unpaired) electrons. The highest BCUT2D eigenvalue weighted by molar-refractivity contribution is 5.92. The molecular weight excluding hydrogens is 506 g/mol. The van der Waals surface area contributed by atoms with Gasteiger partial charge in [0.1, 0.15) is 23.4 Å². The highest BCUT2D eigenvalue weighted by Gasteiger charge is 2.41. The number of hydrogen-bond acceptors (Lipinski definition) is 5. The van der Waals surface area contributed by atoms with E-state index < -0.39 is 35.2 Å². The Labute approximate surface area is 238 Å². The Hall–Kier alpha value is -3.99. The van der Waals surface area contributed by atoms with Gasteiger partial charge < -0.3 is 25.4 Å². The molecular formula is C32H43N3O5. The molecule has 8 nitrogen and oxygen atoms in total. The zero-order valence-electron chi connectivity index (χ0n) is 24.7. The minimum absolute atomic E-state index is 0.0854. The number of amides is 3. The molecule has 2 atom stereocenters. The van der Waals surface area contributed by atoms with Crippen molar-refractivity contribution in [3.8, 4) is 18.1 Å². The molecule has 0 saturated carbocycles. The van der Waals surface area contributed by atoms with Gasteiger partial charge in [-0.1, -0.05) is 43.5 Å². The number of unbranched alkanes of at least 4 members (excludes halogenated alkanes) is 1. The number of phenolic OH excluding ortho intramolecular Hbond substituents is 1. The van der Waals surface area contributed by atoms with Gasteiger partial charge in [-0.05, 0) is 83.4 Å². The summed E-state index contributed by atoms with van der Waals surface area (Å²) in [6.07, 6.45) is 6.61. The molecule has 3 amide bonds. The third kappa shape index (κ3) is 9.64. The van der Waals surface area contributed by atoms with Crippen molar-refractivity contribution < 1.29 is 24.2 Å². The lowest BCUT2D eigenvalue weighted by Crippen LogP contribution is -2.59. The van der Waals surface area contributed by atoms with Crippen molar-refractivity contribution in [3.63, 3.8) is 0 Å². The van der Waals surface area contributed by atoms with Crippen molar-refractivity contribution in [2.24, 2.45) is 0 Å². The first kappa shape index (κ1) is 32.2. The number of carbonyl (C=O) groups excluding carboxylic acids is 3. The number of alkyl carbamates (subject to hydrolysis) is 1. The summed E-state index contributed by atoms with van der Waals surface area (Å²) in [4.78, 5) is 42.5. The molecule has 0 spiro atoms. The summed E-state index contributed by atoms with van der Waals surface area (Å²) in [5.74, 6) is 1.88. The van der Waals surface area contributed by atoms with Gasteiger partial charge in [0.15, 0.2) is 0 Å². The van der Waals surface area contributed by atoms with Crippen LogP contribution in [0.4, 0.5) is 4.79 Å². The molecule has 0 bridgehead atoms. The Kier molecular flexibility index (Phi) is 11.2. The quantitative estimate of drug-likeness (QED) is 0.283. The molecule has 0 saturated heterocycles. The maximum absolute atomic E-state index is 14.4. The van der Waals surface area contributed by atoms with E-state index >= 15 is 0 Å². The predicted octanol–water partition coefficient (Wildman–Crippen LogP) is 5.09. The van der Waals surface area contributed by atoms with Crippen LogP contribution in [0.3, 0.4) is 0 Å². The first-order valence-electron chi connectivity index (χ1n) is 13.6. The lowest BCUT2D eigenvalue weighted by Gasteiger charge is -2.43. The SMILES string of the molecule is C#Cc1ccc(C(C(=O)NCCCC)N(C(=O)C(Cc2ccc(O)cc2)NC(=O)OC(C)(C)C)C(C)(C)C)cc1. The second kappa shape index (κ2) is 13.9. The largest absolute Gasteiger partial charge is 0.508 e. The number of benzene rings is 2. The summed E-state index contributed by atoms with van der Waals surface area (Å²) < 4.78 is 5.47. The summed E-state index contributed by atoms with van der Waals surface area (Å²) in [7, 11) is 0. The highest BCUT2D eigenvalue weighted by atomic mass is 16.6. The molecule has 40 heavy (non-hydrogen) atoms. The standard InChI is InChI=1S/C32H43N3O5/c1-9-11-20-33-28(37)27(24-16-12-22(10-2)13-17-24)35(31(3,4)5)29(38)26(34-30(39)40-32(6,7)8)21-23-14-18-25(36)19-15-23/h2,12-19,26-27,36H,9,11,20-21H2,1,3-8H3,(H,33,37)(H,34,39). The van der Waals surface area contributed by atoms with Crippen LogP contribution < -0.4 is 10.6 Å². The topological polar surface area (TPSA) is 108 Å². The number of aromatic hydroxyl groups is 1. The van der Waals surface area contributed by atoms with Gasteiger partial charge in [0.05, 0.1) is 0 Å². The zero-order chi connectivity index (χ0) is 30.1. The van der Waals surface area contributed by atoms with E-state index in [2.05, 4.69) is 16.6 Å². The van der Waals surface area contributed by atoms with E-state index in [9.17, 15) is 19.5 Å². The predicted molar refractivity (Wildman–Crippen MR) is 157 cm³/mol. The molecule has 0 aliphatic carbocycles. The van der Waals surface area contributed by atoms with E-state index in [0.29, 0.717) is 23.2 Å². The van der Waals surface area contributed by atoms with E-state index in [1.807, 2.05) is 27.7 Å². The van der Waals surface area contributed by atoms with Gasteiger partial charge in [-0.2, -0.15) is 0 Å². The number of terminal acetylenes is 1. The number of ether oxygens (including phenoxy) is 1. The molecule has 3 N–H and O–H groups in total. The van der Waals surface area contributed by atoms with Gasteiger partial charge in [-0.3, -0.25) is 9.59 Å². The Morgan fingerprint density at radius 1 is 1.00 bits per heavy atom. The lowest BCUT2D eigenvalue weighted by atomic mass is 9.93. The molecule has 2 rings (SSSR count). The molecule has 2 unspecified atom stereocenters. The van der Waals surface area contributed by atoms with Crippen LogP contribution in [0, 0.1) is 12.3 Å². The van der Waals surface area contributed by atoms with Gasteiger partial charge in [-0.15, -0.1) is 6.42 Å². The van der Waals surface area contributed by atoms with Gasteiger partial charge in [0.2, 0.25) is 11.8 Å². The van der Waals surface area contributed by atoms with Gasteiger partial charge in [0, 0.05) is 24.1 Å². The second-order valence-electron chi connectivity index (χ2n) is 11.8. The normalized spacial score (nSPS) is 12.9. The molecule has 8 heteroatoms. The van der Waals surface area contributed by atoms with Gasteiger partial charge >= 0.3 is 6.09 Å². The number of phenols is 1. The number of hydrogen-bond donors (Lipinski definition) is 3. The third-order valence-electron chi connectivity index (χ3n) is 6.05. The van der Waals surface area contributed by atoms with Crippen molar-refractivity contribution in [3.05, 3.63) is 65.2 Å². The van der Waals surface area contributed by atoms with E-state index in [-0.39, 0.29) is 18.1 Å². The molecule has 0 heterocycles. The van der Waals surface area contributed by atoms with Gasteiger partial charge in [0.25, 0.3) is 0 Å². The van der Waals surface area contributed by atoms with Crippen LogP contribution in [0.15, 0.2) is 48.5 Å². The molecule has 0 fully saturated rings. The molecule has 0 aliphatic heterocycles. The average molecular weight is 550 g/mol. The Morgan fingerprint density at radius 3 is 2.10 bits per heavy atom. The number of rotatable bonds is 10. The minimum atomic E-state index is -1.06. The fraction of sp³-hybridized carbons (Fsp3) is 0.469. The highest BCUT2D eigenvalue weighted by Crippen LogP contribution is 2.31. The van der Waals surface area contributed by atoms with Crippen molar-refractivity contribution in [2.75, 3.05) is 6.54 Å².